The van der Waals surface area contributed by atoms with Crippen molar-refractivity contribution in [2.75, 3.05) is 26.7 Å². The summed E-state index contributed by atoms with van der Waals surface area (Å²) in [4.78, 5) is 13.5. The minimum absolute atomic E-state index is 0.534. The van der Waals surface area contributed by atoms with Crippen LogP contribution >= 0.6 is 0 Å². The van der Waals surface area contributed by atoms with Gasteiger partial charge in [-0.25, -0.2) is 0 Å². The molecule has 1 aliphatic heterocycles. The molecule has 1 saturated carbocycles. The zero-order valence-corrected chi connectivity index (χ0v) is 14.3. The van der Waals surface area contributed by atoms with E-state index in [2.05, 4.69) is 44.1 Å². The summed E-state index contributed by atoms with van der Waals surface area (Å²) in [5, 5.41) is 4.14. The number of rotatable bonds is 7. The van der Waals surface area contributed by atoms with Crippen molar-refractivity contribution < 1.29 is 4.52 Å². The largest absolute Gasteiger partial charge is 0.339 e. The maximum Gasteiger partial charge on any atom is 0.229 e. The fourth-order valence-electron chi connectivity index (χ4n) is 3.39. The zero-order chi connectivity index (χ0) is 16.4. The molecular formula is C18H25N5O. The highest BCUT2D eigenvalue weighted by Crippen LogP contribution is 2.38. The van der Waals surface area contributed by atoms with Crippen LogP contribution in [0.3, 0.4) is 0 Å². The maximum atomic E-state index is 5.36. The molecule has 2 aliphatic rings. The van der Waals surface area contributed by atoms with Crippen molar-refractivity contribution in [1.82, 2.24) is 24.9 Å². The molecule has 3 heterocycles. The van der Waals surface area contributed by atoms with Crippen LogP contribution in [-0.4, -0.2) is 57.6 Å². The lowest BCUT2D eigenvalue weighted by Gasteiger charge is -2.23. The molecule has 6 nitrogen and oxygen atoms in total. The van der Waals surface area contributed by atoms with Crippen LogP contribution in [0.15, 0.2) is 29.0 Å². The molecule has 1 aliphatic carbocycles. The van der Waals surface area contributed by atoms with E-state index in [0.717, 1.165) is 37.8 Å². The van der Waals surface area contributed by atoms with E-state index < -0.39 is 0 Å². The molecule has 0 spiro atoms. The molecule has 0 radical (unpaired) electrons. The van der Waals surface area contributed by atoms with E-state index in [0.29, 0.717) is 12.0 Å². The highest BCUT2D eigenvalue weighted by molar-refractivity contribution is 5.10. The summed E-state index contributed by atoms with van der Waals surface area (Å²) in [7, 11) is 2.17. The molecule has 0 bridgehead atoms. The Hall–Kier alpha value is -1.79. The molecule has 0 aromatic carbocycles. The summed E-state index contributed by atoms with van der Waals surface area (Å²) >= 11 is 0. The topological polar surface area (TPSA) is 58.3 Å². The first-order valence-electron chi connectivity index (χ1n) is 8.92. The van der Waals surface area contributed by atoms with E-state index in [1.54, 1.807) is 0 Å². The standard InChI is InChI=1S/C18H25N5O/c1-22(13-17-20-18(24-21-17)15-2-3-15)16-7-11-23(12-16)10-6-14-4-8-19-9-5-14/h4-5,8-9,15-16H,2-3,6-7,10-13H2,1H3. The molecule has 4 rings (SSSR count). The van der Waals surface area contributed by atoms with Crippen LogP contribution in [0.1, 0.15) is 42.5 Å². The second-order valence-corrected chi connectivity index (χ2v) is 7.09. The quantitative estimate of drug-likeness (QED) is 0.776. The van der Waals surface area contributed by atoms with Gasteiger partial charge in [-0.15, -0.1) is 0 Å². The lowest BCUT2D eigenvalue weighted by Crippen LogP contribution is -2.34. The van der Waals surface area contributed by atoms with Crippen LogP contribution in [-0.2, 0) is 13.0 Å². The summed E-state index contributed by atoms with van der Waals surface area (Å²) in [6.07, 6.45) is 8.45. The van der Waals surface area contributed by atoms with Crippen molar-refractivity contribution in [3.63, 3.8) is 0 Å². The normalized spacial score (nSPS) is 21.7. The van der Waals surface area contributed by atoms with E-state index in [-0.39, 0.29) is 0 Å². The summed E-state index contributed by atoms with van der Waals surface area (Å²) in [6.45, 7) is 4.18. The third kappa shape index (κ3) is 3.82. The number of hydrogen-bond donors (Lipinski definition) is 0. The van der Waals surface area contributed by atoms with E-state index in [1.807, 2.05) is 12.4 Å². The summed E-state index contributed by atoms with van der Waals surface area (Å²) in [5.74, 6) is 2.20. The van der Waals surface area contributed by atoms with Gasteiger partial charge in [-0.3, -0.25) is 9.88 Å². The van der Waals surface area contributed by atoms with Gasteiger partial charge in [0.2, 0.25) is 5.89 Å². The molecular weight excluding hydrogens is 302 g/mol. The maximum absolute atomic E-state index is 5.36. The molecule has 2 aromatic heterocycles. The summed E-state index contributed by atoms with van der Waals surface area (Å²) in [6, 6.07) is 4.78. The lowest BCUT2D eigenvalue weighted by atomic mass is 10.2. The fourth-order valence-corrected chi connectivity index (χ4v) is 3.39. The molecule has 1 unspecified atom stereocenters. The van der Waals surface area contributed by atoms with Crippen LogP contribution in [0.25, 0.3) is 0 Å². The highest BCUT2D eigenvalue weighted by Gasteiger charge is 2.30. The zero-order valence-electron chi connectivity index (χ0n) is 14.3. The molecule has 128 valence electrons. The number of likely N-dealkylation sites (N-methyl/N-ethyl adjacent to an activating group) is 1. The Labute approximate surface area is 142 Å². The first-order chi connectivity index (χ1) is 11.8. The van der Waals surface area contributed by atoms with Crippen molar-refractivity contribution >= 4 is 0 Å². The first-order valence-corrected chi connectivity index (χ1v) is 8.92. The predicted octanol–water partition coefficient (Wildman–Crippen LogP) is 2.09. The Balaban J connectivity index is 1.24. The number of aromatic nitrogens is 3. The van der Waals surface area contributed by atoms with E-state index in [1.165, 1.54) is 31.4 Å². The third-order valence-electron chi connectivity index (χ3n) is 5.14. The van der Waals surface area contributed by atoms with Crippen LogP contribution < -0.4 is 0 Å². The van der Waals surface area contributed by atoms with Gasteiger partial charge >= 0.3 is 0 Å². The lowest BCUT2D eigenvalue weighted by molar-refractivity contribution is 0.218. The Morgan fingerprint density at radius 1 is 1.25 bits per heavy atom. The second-order valence-electron chi connectivity index (χ2n) is 7.09. The minimum Gasteiger partial charge on any atom is -0.339 e. The van der Waals surface area contributed by atoms with Crippen LogP contribution in [0.4, 0.5) is 0 Å². The van der Waals surface area contributed by atoms with Crippen molar-refractivity contribution in [1.29, 1.82) is 0 Å². The van der Waals surface area contributed by atoms with Crippen molar-refractivity contribution in [3.05, 3.63) is 41.8 Å². The molecule has 6 heteroatoms. The van der Waals surface area contributed by atoms with Crippen molar-refractivity contribution in [2.45, 2.75) is 44.2 Å². The molecule has 1 saturated heterocycles. The fraction of sp³-hybridized carbons (Fsp3) is 0.611. The smallest absolute Gasteiger partial charge is 0.229 e. The Morgan fingerprint density at radius 2 is 2.08 bits per heavy atom. The van der Waals surface area contributed by atoms with Crippen LogP contribution in [0.5, 0.6) is 0 Å². The van der Waals surface area contributed by atoms with Gasteiger partial charge in [-0.2, -0.15) is 4.98 Å². The van der Waals surface area contributed by atoms with Gasteiger partial charge in [0.05, 0.1) is 6.54 Å². The Morgan fingerprint density at radius 3 is 2.88 bits per heavy atom. The van der Waals surface area contributed by atoms with Crippen LogP contribution in [0.2, 0.25) is 0 Å². The molecule has 2 aromatic rings. The summed E-state index contributed by atoms with van der Waals surface area (Å²) < 4.78 is 5.36. The van der Waals surface area contributed by atoms with Gasteiger partial charge in [0, 0.05) is 37.4 Å². The van der Waals surface area contributed by atoms with Gasteiger partial charge in [0.1, 0.15) is 0 Å². The third-order valence-corrected chi connectivity index (χ3v) is 5.14. The molecule has 24 heavy (non-hydrogen) atoms. The number of nitrogens with zero attached hydrogens (tertiary/aromatic N) is 5. The highest BCUT2D eigenvalue weighted by atomic mass is 16.5. The molecule has 1 atom stereocenters. The monoisotopic (exact) mass is 327 g/mol. The number of likely N-dealkylation sites (tertiary alicyclic amines) is 1. The summed E-state index contributed by atoms with van der Waals surface area (Å²) in [5.41, 5.74) is 1.36. The van der Waals surface area contributed by atoms with E-state index in [9.17, 15) is 0 Å². The minimum atomic E-state index is 0.534. The Bertz CT molecular complexity index is 654. The van der Waals surface area contributed by atoms with E-state index in [4.69, 9.17) is 4.52 Å². The van der Waals surface area contributed by atoms with Crippen molar-refractivity contribution in [3.8, 4) is 0 Å². The molecule has 2 fully saturated rings. The van der Waals surface area contributed by atoms with Gasteiger partial charge in [0.15, 0.2) is 5.82 Å². The SMILES string of the molecule is CN(Cc1noc(C2CC2)n1)C1CCN(CCc2ccncc2)C1. The van der Waals surface area contributed by atoms with Gasteiger partial charge in [0.25, 0.3) is 0 Å². The average Bonchev–Trinajstić information content (AvgIpc) is 3.17. The molecule has 0 amide bonds. The van der Waals surface area contributed by atoms with Crippen molar-refractivity contribution in [2.24, 2.45) is 0 Å². The number of hydrogen-bond acceptors (Lipinski definition) is 6. The predicted molar refractivity (Wildman–Crippen MR) is 90.5 cm³/mol. The first kappa shape index (κ1) is 15.7. The Kier molecular flexibility index (Phi) is 4.58. The van der Waals surface area contributed by atoms with Gasteiger partial charge < -0.3 is 9.42 Å². The number of pyridine rings is 1. The van der Waals surface area contributed by atoms with Crippen LogP contribution in [0, 0.1) is 0 Å². The van der Waals surface area contributed by atoms with Gasteiger partial charge in [-0.05, 0) is 57.0 Å². The van der Waals surface area contributed by atoms with Gasteiger partial charge in [-0.1, -0.05) is 5.16 Å². The second kappa shape index (κ2) is 6.99. The average molecular weight is 327 g/mol. The molecule has 0 N–H and O–H groups in total. The van der Waals surface area contributed by atoms with E-state index >= 15 is 0 Å².